The van der Waals surface area contributed by atoms with Crippen molar-refractivity contribution < 1.29 is 19.1 Å². The van der Waals surface area contributed by atoms with Crippen LogP contribution in [0.15, 0.2) is 57.8 Å². The molecule has 3 aromatic rings. The van der Waals surface area contributed by atoms with E-state index in [1.54, 1.807) is 12.1 Å². The number of benzene rings is 2. The van der Waals surface area contributed by atoms with Gasteiger partial charge in [-0.3, -0.25) is 4.79 Å². The minimum Gasteiger partial charge on any atom is -0.507 e. The second-order valence-corrected chi connectivity index (χ2v) is 6.46. The van der Waals surface area contributed by atoms with Crippen LogP contribution in [0.5, 0.6) is 11.5 Å². The van der Waals surface area contributed by atoms with Crippen LogP contribution in [-0.2, 0) is 0 Å². The molecule has 1 heterocycles. The lowest BCUT2D eigenvalue weighted by Crippen LogP contribution is -2.21. The molecule has 1 N–H and O–H groups in total. The molecule has 0 unspecified atom stereocenters. The van der Waals surface area contributed by atoms with Crippen molar-refractivity contribution in [3.8, 4) is 11.5 Å². The first-order valence-electron chi connectivity index (χ1n) is 9.39. The Bertz CT molecular complexity index is 1130. The maximum atomic E-state index is 12.4. The molecule has 0 saturated carbocycles. The van der Waals surface area contributed by atoms with Crippen LogP contribution in [0.4, 0.5) is 5.69 Å². The minimum absolute atomic E-state index is 0.0923. The van der Waals surface area contributed by atoms with E-state index in [1.165, 1.54) is 31.4 Å². The zero-order valence-electron chi connectivity index (χ0n) is 16.6. The average molecular weight is 393 g/mol. The van der Waals surface area contributed by atoms with Crippen molar-refractivity contribution in [3.05, 3.63) is 70.1 Å². The summed E-state index contributed by atoms with van der Waals surface area (Å²) >= 11 is 0. The number of carbonyl (C=O) groups is 1. The number of aromatic hydroxyl groups is 1. The molecule has 0 atom stereocenters. The van der Waals surface area contributed by atoms with Crippen LogP contribution in [0.3, 0.4) is 0 Å². The predicted octanol–water partition coefficient (Wildman–Crippen LogP) is 4.25. The highest BCUT2D eigenvalue weighted by Gasteiger charge is 2.11. The van der Waals surface area contributed by atoms with Crippen LogP contribution in [-0.4, -0.2) is 31.1 Å². The summed E-state index contributed by atoms with van der Waals surface area (Å²) in [4.78, 5) is 26.9. The summed E-state index contributed by atoms with van der Waals surface area (Å²) in [6.45, 7) is 5.84. The van der Waals surface area contributed by atoms with Crippen molar-refractivity contribution in [2.45, 2.75) is 13.8 Å². The predicted molar refractivity (Wildman–Crippen MR) is 114 cm³/mol. The van der Waals surface area contributed by atoms with Crippen molar-refractivity contribution in [3.63, 3.8) is 0 Å². The van der Waals surface area contributed by atoms with Gasteiger partial charge in [0.2, 0.25) is 0 Å². The highest BCUT2D eigenvalue weighted by molar-refractivity contribution is 6.08. The van der Waals surface area contributed by atoms with Gasteiger partial charge in [0.25, 0.3) is 0 Å². The van der Waals surface area contributed by atoms with Gasteiger partial charge < -0.3 is 19.2 Å². The molecule has 1 aromatic heterocycles. The lowest BCUT2D eigenvalue weighted by molar-refractivity contribution is 0.104. The summed E-state index contributed by atoms with van der Waals surface area (Å²) in [6, 6.07) is 11.8. The molecule has 0 aliphatic heterocycles. The van der Waals surface area contributed by atoms with Gasteiger partial charge >= 0.3 is 5.63 Å². The number of rotatable bonds is 7. The minimum atomic E-state index is -0.534. The molecule has 3 rings (SSSR count). The van der Waals surface area contributed by atoms with Crippen molar-refractivity contribution in [2.24, 2.45) is 0 Å². The van der Waals surface area contributed by atoms with E-state index in [2.05, 4.69) is 18.7 Å². The fourth-order valence-corrected chi connectivity index (χ4v) is 3.11. The maximum absolute atomic E-state index is 12.4. The van der Waals surface area contributed by atoms with E-state index in [9.17, 15) is 14.7 Å². The number of anilines is 1. The average Bonchev–Trinajstić information content (AvgIpc) is 2.73. The third-order valence-electron chi connectivity index (χ3n) is 4.76. The number of hydrogen-bond acceptors (Lipinski definition) is 6. The van der Waals surface area contributed by atoms with Crippen LogP contribution in [0.1, 0.15) is 29.8 Å². The first kappa shape index (κ1) is 20.2. The number of allylic oxidation sites excluding steroid dienone is 1. The number of nitrogens with zero attached hydrogens (tertiary/aromatic N) is 1. The largest absolute Gasteiger partial charge is 0.507 e. The molecule has 0 amide bonds. The van der Waals surface area contributed by atoms with Gasteiger partial charge in [-0.25, -0.2) is 4.79 Å². The molecule has 2 aromatic carbocycles. The number of carbonyl (C=O) groups excluding carboxylic acids is 1. The molecule has 6 heteroatoms. The van der Waals surface area contributed by atoms with Crippen molar-refractivity contribution >= 4 is 28.5 Å². The number of hydrogen-bond donors (Lipinski definition) is 1. The van der Waals surface area contributed by atoms with E-state index in [0.717, 1.165) is 24.2 Å². The number of ketones is 1. The van der Waals surface area contributed by atoms with Gasteiger partial charge in [-0.05, 0) is 62.4 Å². The van der Waals surface area contributed by atoms with Gasteiger partial charge in [0.05, 0.1) is 18.2 Å². The number of phenolic OH excluding ortho intramolecular Hbond substituents is 1. The van der Waals surface area contributed by atoms with E-state index in [-0.39, 0.29) is 16.9 Å². The second kappa shape index (κ2) is 8.65. The van der Waals surface area contributed by atoms with Crippen LogP contribution in [0, 0.1) is 0 Å². The molecule has 0 spiro atoms. The molecule has 0 aliphatic rings. The summed E-state index contributed by atoms with van der Waals surface area (Å²) < 4.78 is 10.5. The molecule has 150 valence electrons. The maximum Gasteiger partial charge on any atom is 0.343 e. The van der Waals surface area contributed by atoms with E-state index < -0.39 is 11.4 Å². The van der Waals surface area contributed by atoms with Crippen LogP contribution in [0.2, 0.25) is 0 Å². The quantitative estimate of drug-likeness (QED) is 0.367. The first-order chi connectivity index (χ1) is 14.0. The first-order valence-corrected chi connectivity index (χ1v) is 9.39. The topological polar surface area (TPSA) is 80.0 Å². The highest BCUT2D eigenvalue weighted by Crippen LogP contribution is 2.25. The summed E-state index contributed by atoms with van der Waals surface area (Å²) in [5.41, 5.74) is 1.29. The Kier molecular flexibility index (Phi) is 6.02. The normalized spacial score (nSPS) is 11.1. The second-order valence-electron chi connectivity index (χ2n) is 6.46. The van der Waals surface area contributed by atoms with E-state index in [4.69, 9.17) is 9.15 Å². The molecule has 0 fully saturated rings. The Morgan fingerprint density at radius 2 is 1.90 bits per heavy atom. The summed E-state index contributed by atoms with van der Waals surface area (Å²) in [6.07, 6.45) is 2.63. The van der Waals surface area contributed by atoms with Crippen LogP contribution in [0.25, 0.3) is 17.0 Å². The Balaban J connectivity index is 1.92. The Hall–Kier alpha value is -3.54. The zero-order chi connectivity index (χ0) is 21.0. The smallest absolute Gasteiger partial charge is 0.343 e. The summed E-state index contributed by atoms with van der Waals surface area (Å²) in [7, 11) is 1.47. The number of ether oxygens (including phenoxy) is 1. The van der Waals surface area contributed by atoms with Crippen LogP contribution < -0.4 is 15.3 Å². The molecule has 0 aliphatic carbocycles. The highest BCUT2D eigenvalue weighted by atomic mass is 16.5. The van der Waals surface area contributed by atoms with E-state index in [0.29, 0.717) is 11.3 Å². The van der Waals surface area contributed by atoms with Gasteiger partial charge in [0.15, 0.2) is 5.78 Å². The molecular weight excluding hydrogens is 370 g/mol. The Morgan fingerprint density at radius 1 is 1.14 bits per heavy atom. The number of phenols is 1. The monoisotopic (exact) mass is 393 g/mol. The van der Waals surface area contributed by atoms with Crippen molar-refractivity contribution in [1.82, 2.24) is 0 Å². The standard InChI is InChI=1S/C23H23NO5/c1-4-24(5-2)17-8-6-15-12-16(23(27)29-22(15)13-17)7-10-20(25)19-14-18(28-3)9-11-21(19)26/h6-14,26H,4-5H2,1-3H3. The number of fused-ring (bicyclic) bond motifs is 1. The fourth-order valence-electron chi connectivity index (χ4n) is 3.11. The van der Waals surface area contributed by atoms with Gasteiger partial charge in [0, 0.05) is 30.2 Å². The molecule has 0 bridgehead atoms. The lowest BCUT2D eigenvalue weighted by Gasteiger charge is -2.20. The van der Waals surface area contributed by atoms with Gasteiger partial charge in [-0.1, -0.05) is 0 Å². The Morgan fingerprint density at radius 3 is 2.59 bits per heavy atom. The lowest BCUT2D eigenvalue weighted by atomic mass is 10.1. The zero-order valence-corrected chi connectivity index (χ0v) is 16.6. The van der Waals surface area contributed by atoms with E-state index in [1.807, 2.05) is 18.2 Å². The third kappa shape index (κ3) is 4.32. The van der Waals surface area contributed by atoms with Gasteiger partial charge in [-0.2, -0.15) is 0 Å². The van der Waals surface area contributed by atoms with E-state index >= 15 is 0 Å². The summed E-state index contributed by atoms with van der Waals surface area (Å²) in [5.74, 6) is -0.151. The fraction of sp³-hybridized carbons (Fsp3) is 0.217. The Labute approximate surface area is 168 Å². The molecule has 0 saturated heterocycles. The van der Waals surface area contributed by atoms with Crippen LogP contribution >= 0.6 is 0 Å². The van der Waals surface area contributed by atoms with Crippen molar-refractivity contribution in [1.29, 1.82) is 0 Å². The molecule has 29 heavy (non-hydrogen) atoms. The number of methoxy groups -OCH3 is 1. The van der Waals surface area contributed by atoms with Gasteiger partial charge in [-0.15, -0.1) is 0 Å². The molecular formula is C23H23NO5. The third-order valence-corrected chi connectivity index (χ3v) is 4.76. The molecule has 6 nitrogen and oxygen atoms in total. The van der Waals surface area contributed by atoms with Crippen molar-refractivity contribution in [2.75, 3.05) is 25.1 Å². The SMILES string of the molecule is CCN(CC)c1ccc2cc(C=CC(=O)c3cc(OC)ccc3O)c(=O)oc2c1. The summed E-state index contributed by atoms with van der Waals surface area (Å²) in [5, 5.41) is 10.7. The van der Waals surface area contributed by atoms with Gasteiger partial charge in [0.1, 0.15) is 17.1 Å². The molecule has 0 radical (unpaired) electrons.